The average molecular weight is 199 g/mol. The molecule has 0 radical (unpaired) electrons. The van der Waals surface area contributed by atoms with Gasteiger partial charge in [0, 0.05) is 6.54 Å². The summed E-state index contributed by atoms with van der Waals surface area (Å²) in [7, 11) is 0. The first-order valence-electron chi connectivity index (χ1n) is 4.06. The Balaban J connectivity index is 2.99. The van der Waals surface area contributed by atoms with Gasteiger partial charge >= 0.3 is 0 Å². The number of carbonyl (C=O) groups excluding carboxylic acids is 1. The first-order chi connectivity index (χ1) is 6.15. The Labute approximate surface area is 82.1 Å². The van der Waals surface area contributed by atoms with Gasteiger partial charge in [0.1, 0.15) is 10.8 Å². The molecule has 0 atom stereocenters. The highest BCUT2D eigenvalue weighted by Crippen LogP contribution is 2.10. The molecule has 0 aliphatic rings. The lowest BCUT2D eigenvalue weighted by atomic mass is 10.2. The summed E-state index contributed by atoms with van der Waals surface area (Å²) >= 11 is 5.67. The third-order valence-electron chi connectivity index (χ3n) is 1.62. The van der Waals surface area contributed by atoms with Crippen LogP contribution < -0.4 is 5.32 Å². The maximum Gasteiger partial charge on any atom is 0.270 e. The minimum Gasteiger partial charge on any atom is -0.351 e. The summed E-state index contributed by atoms with van der Waals surface area (Å²) in [5, 5.41) is 3.01. The third-order valence-corrected chi connectivity index (χ3v) is 1.83. The molecule has 70 valence electrons. The summed E-state index contributed by atoms with van der Waals surface area (Å²) < 4.78 is 0. The standard InChI is InChI=1S/C9H11ClN2O/c1-3-11-9(13)8-6(2)4-5-7(10)12-8/h4-5H,3H2,1-2H3,(H,11,13). The zero-order valence-corrected chi connectivity index (χ0v) is 8.35. The second-order valence-electron chi connectivity index (χ2n) is 2.66. The van der Waals surface area contributed by atoms with E-state index in [0.717, 1.165) is 5.56 Å². The Morgan fingerprint density at radius 2 is 2.31 bits per heavy atom. The van der Waals surface area contributed by atoms with Crippen molar-refractivity contribution in [2.45, 2.75) is 13.8 Å². The number of hydrogen-bond acceptors (Lipinski definition) is 2. The number of pyridine rings is 1. The highest BCUT2D eigenvalue weighted by atomic mass is 35.5. The number of nitrogens with zero attached hydrogens (tertiary/aromatic N) is 1. The van der Waals surface area contributed by atoms with Gasteiger partial charge in [-0.15, -0.1) is 0 Å². The molecule has 0 bridgehead atoms. The molecule has 0 saturated carbocycles. The Kier molecular flexibility index (Phi) is 3.25. The molecule has 1 N–H and O–H groups in total. The van der Waals surface area contributed by atoms with E-state index in [9.17, 15) is 4.79 Å². The van der Waals surface area contributed by atoms with E-state index in [2.05, 4.69) is 10.3 Å². The smallest absolute Gasteiger partial charge is 0.270 e. The van der Waals surface area contributed by atoms with Crippen LogP contribution >= 0.6 is 11.6 Å². The molecule has 0 aromatic carbocycles. The topological polar surface area (TPSA) is 42.0 Å². The van der Waals surface area contributed by atoms with Gasteiger partial charge in [0.25, 0.3) is 5.91 Å². The fourth-order valence-electron chi connectivity index (χ4n) is 0.979. The van der Waals surface area contributed by atoms with Gasteiger partial charge in [-0.25, -0.2) is 4.98 Å². The molecule has 0 unspecified atom stereocenters. The fourth-order valence-corrected chi connectivity index (χ4v) is 1.13. The third kappa shape index (κ3) is 2.42. The highest BCUT2D eigenvalue weighted by Gasteiger charge is 2.09. The van der Waals surface area contributed by atoms with Crippen LogP contribution in [0.15, 0.2) is 12.1 Å². The predicted molar refractivity (Wildman–Crippen MR) is 52.0 cm³/mol. The SMILES string of the molecule is CCNC(=O)c1nc(Cl)ccc1C. The van der Waals surface area contributed by atoms with Crippen LogP contribution in [0.2, 0.25) is 5.15 Å². The van der Waals surface area contributed by atoms with Crippen molar-refractivity contribution in [3.05, 3.63) is 28.5 Å². The quantitative estimate of drug-likeness (QED) is 0.737. The van der Waals surface area contributed by atoms with E-state index in [-0.39, 0.29) is 5.91 Å². The first-order valence-corrected chi connectivity index (χ1v) is 4.44. The fraction of sp³-hybridized carbons (Fsp3) is 0.333. The van der Waals surface area contributed by atoms with Crippen molar-refractivity contribution < 1.29 is 4.79 Å². The average Bonchev–Trinajstić information content (AvgIpc) is 2.09. The van der Waals surface area contributed by atoms with Gasteiger partial charge in [-0.3, -0.25) is 4.79 Å². The predicted octanol–water partition coefficient (Wildman–Crippen LogP) is 1.79. The largest absolute Gasteiger partial charge is 0.351 e. The lowest BCUT2D eigenvalue weighted by Gasteiger charge is -2.04. The molecular weight excluding hydrogens is 188 g/mol. The molecule has 1 rings (SSSR count). The van der Waals surface area contributed by atoms with Crippen LogP contribution in [-0.2, 0) is 0 Å². The number of halogens is 1. The summed E-state index contributed by atoms with van der Waals surface area (Å²) in [6.45, 7) is 4.28. The van der Waals surface area contributed by atoms with E-state index in [1.807, 2.05) is 13.8 Å². The zero-order valence-electron chi connectivity index (χ0n) is 7.60. The molecule has 0 saturated heterocycles. The summed E-state index contributed by atoms with van der Waals surface area (Å²) in [5.74, 6) is -0.178. The number of rotatable bonds is 2. The minimum absolute atomic E-state index is 0.178. The molecule has 1 amide bonds. The molecule has 1 aromatic heterocycles. The summed E-state index contributed by atoms with van der Waals surface area (Å²) in [6, 6.07) is 3.44. The molecule has 0 aliphatic carbocycles. The van der Waals surface area contributed by atoms with Crippen LogP contribution in [0.5, 0.6) is 0 Å². The summed E-state index contributed by atoms with van der Waals surface area (Å²) in [6.07, 6.45) is 0. The van der Waals surface area contributed by atoms with Crippen molar-refractivity contribution in [1.29, 1.82) is 0 Å². The van der Waals surface area contributed by atoms with E-state index in [1.165, 1.54) is 0 Å². The Hall–Kier alpha value is -1.09. The molecule has 0 aliphatic heterocycles. The van der Waals surface area contributed by atoms with E-state index in [0.29, 0.717) is 17.4 Å². The maximum atomic E-state index is 11.4. The normalized spacial score (nSPS) is 9.77. The molecule has 3 nitrogen and oxygen atoms in total. The Morgan fingerprint density at radius 1 is 1.62 bits per heavy atom. The molecule has 1 heterocycles. The number of hydrogen-bond donors (Lipinski definition) is 1. The van der Waals surface area contributed by atoms with Crippen LogP contribution in [0.25, 0.3) is 0 Å². The Morgan fingerprint density at radius 3 is 2.92 bits per heavy atom. The van der Waals surface area contributed by atoms with Crippen molar-refractivity contribution >= 4 is 17.5 Å². The van der Waals surface area contributed by atoms with E-state index in [4.69, 9.17) is 11.6 Å². The first kappa shape index (κ1) is 9.99. The number of aromatic nitrogens is 1. The molecule has 13 heavy (non-hydrogen) atoms. The van der Waals surface area contributed by atoms with E-state index >= 15 is 0 Å². The molecule has 1 aromatic rings. The van der Waals surface area contributed by atoms with Gasteiger partial charge in [0.15, 0.2) is 0 Å². The second kappa shape index (κ2) is 4.23. The van der Waals surface area contributed by atoms with Gasteiger partial charge in [0.2, 0.25) is 0 Å². The number of carbonyl (C=O) groups is 1. The van der Waals surface area contributed by atoms with Crippen molar-refractivity contribution in [2.24, 2.45) is 0 Å². The van der Waals surface area contributed by atoms with Crippen LogP contribution in [0.4, 0.5) is 0 Å². The maximum absolute atomic E-state index is 11.4. The lowest BCUT2D eigenvalue weighted by molar-refractivity contribution is 0.0950. The van der Waals surface area contributed by atoms with Gasteiger partial charge in [0.05, 0.1) is 0 Å². The van der Waals surface area contributed by atoms with Crippen molar-refractivity contribution in [3.63, 3.8) is 0 Å². The zero-order chi connectivity index (χ0) is 9.84. The van der Waals surface area contributed by atoms with Gasteiger partial charge in [-0.1, -0.05) is 17.7 Å². The van der Waals surface area contributed by atoms with Crippen molar-refractivity contribution in [2.75, 3.05) is 6.54 Å². The lowest BCUT2D eigenvalue weighted by Crippen LogP contribution is -2.24. The number of nitrogens with one attached hydrogen (secondary N) is 1. The van der Waals surface area contributed by atoms with Crippen LogP contribution in [0.1, 0.15) is 23.0 Å². The summed E-state index contributed by atoms with van der Waals surface area (Å²) in [5.41, 5.74) is 1.23. The number of amides is 1. The molecule has 0 fully saturated rings. The minimum atomic E-state index is -0.178. The second-order valence-corrected chi connectivity index (χ2v) is 3.05. The van der Waals surface area contributed by atoms with E-state index < -0.39 is 0 Å². The van der Waals surface area contributed by atoms with Crippen LogP contribution in [0.3, 0.4) is 0 Å². The van der Waals surface area contributed by atoms with Gasteiger partial charge < -0.3 is 5.32 Å². The van der Waals surface area contributed by atoms with Crippen molar-refractivity contribution in [1.82, 2.24) is 10.3 Å². The molecule has 4 heteroatoms. The molecular formula is C9H11ClN2O. The van der Waals surface area contributed by atoms with Crippen LogP contribution in [0, 0.1) is 6.92 Å². The monoisotopic (exact) mass is 198 g/mol. The Bertz CT molecular complexity index is 325. The van der Waals surface area contributed by atoms with Gasteiger partial charge in [-0.05, 0) is 25.5 Å². The van der Waals surface area contributed by atoms with Gasteiger partial charge in [-0.2, -0.15) is 0 Å². The van der Waals surface area contributed by atoms with Crippen LogP contribution in [-0.4, -0.2) is 17.4 Å². The van der Waals surface area contributed by atoms with E-state index in [1.54, 1.807) is 12.1 Å². The summed E-state index contributed by atoms with van der Waals surface area (Å²) in [4.78, 5) is 15.3. The molecule has 0 spiro atoms. The van der Waals surface area contributed by atoms with Crippen molar-refractivity contribution in [3.8, 4) is 0 Å². The highest BCUT2D eigenvalue weighted by molar-refractivity contribution is 6.29. The number of aryl methyl sites for hydroxylation is 1.